The third kappa shape index (κ3) is 4.71. The number of carboxylic acids is 2. The summed E-state index contributed by atoms with van der Waals surface area (Å²) in [5, 5.41) is 22.2. The number of aromatic carboxylic acids is 2. The quantitative estimate of drug-likeness (QED) is 0.307. The molecule has 198 valence electrons. The van der Waals surface area contributed by atoms with Gasteiger partial charge in [-0.25, -0.2) is 9.59 Å². The predicted octanol–water partition coefficient (Wildman–Crippen LogP) is 6.14. The number of fused-ring (bicyclic) bond motifs is 2. The second-order valence-electron chi connectivity index (χ2n) is 10.7. The predicted molar refractivity (Wildman–Crippen MR) is 158 cm³/mol. The molecule has 2 N–H and O–H groups in total. The molecule has 1 aliphatic carbocycles. The third-order valence-corrected chi connectivity index (χ3v) is 12.5. The molecule has 1 saturated heterocycles. The summed E-state index contributed by atoms with van der Waals surface area (Å²) in [6, 6.07) is 8.12. The van der Waals surface area contributed by atoms with Crippen LogP contribution >= 0.6 is 11.3 Å². The van der Waals surface area contributed by atoms with Crippen molar-refractivity contribution >= 4 is 53.5 Å². The van der Waals surface area contributed by atoms with Crippen LogP contribution in [0, 0.1) is 0 Å². The van der Waals surface area contributed by atoms with Gasteiger partial charge in [0.2, 0.25) is 0 Å². The number of thiophene rings is 1. The van der Waals surface area contributed by atoms with Gasteiger partial charge in [-0.1, -0.05) is 45.0 Å². The van der Waals surface area contributed by atoms with Crippen LogP contribution in [-0.2, 0) is 0 Å². The van der Waals surface area contributed by atoms with Gasteiger partial charge in [0.1, 0.15) is 17.8 Å². The van der Waals surface area contributed by atoms with Gasteiger partial charge in [-0.3, -0.25) is 4.99 Å². The van der Waals surface area contributed by atoms with Gasteiger partial charge in [-0.2, -0.15) is 0 Å². The van der Waals surface area contributed by atoms with Crippen LogP contribution in [0.25, 0.3) is 5.57 Å². The summed E-state index contributed by atoms with van der Waals surface area (Å²) >= 11 is 0.826. The van der Waals surface area contributed by atoms with E-state index in [1.54, 1.807) is 0 Å². The Morgan fingerprint density at radius 1 is 1.03 bits per heavy atom. The Morgan fingerprint density at radius 3 is 2.47 bits per heavy atom. The summed E-state index contributed by atoms with van der Waals surface area (Å²) in [4.78, 5) is 31.5. The van der Waals surface area contributed by atoms with Crippen molar-refractivity contribution in [3.05, 3.63) is 74.1 Å². The Hall–Kier alpha value is -3.23. The molecule has 1 aromatic heterocycles. The molecule has 8 heteroatoms. The topological polar surface area (TPSA) is 90.2 Å². The van der Waals surface area contributed by atoms with Crippen molar-refractivity contribution < 1.29 is 19.8 Å². The van der Waals surface area contributed by atoms with Crippen LogP contribution in [0.4, 0.5) is 5.69 Å². The lowest BCUT2D eigenvalue weighted by molar-refractivity contribution is 0.0693. The minimum absolute atomic E-state index is 0.0336. The number of benzene rings is 1. The molecule has 2 aliphatic heterocycles. The first-order valence-electron chi connectivity index (χ1n) is 13.4. The molecule has 0 saturated carbocycles. The smallest absolute Gasteiger partial charge is 0.346 e. The van der Waals surface area contributed by atoms with E-state index in [0.717, 1.165) is 72.7 Å². The molecule has 0 atom stereocenters. The highest BCUT2D eigenvalue weighted by Crippen LogP contribution is 2.44. The summed E-state index contributed by atoms with van der Waals surface area (Å²) in [6.45, 7) is 9.77. The zero-order valence-electron chi connectivity index (χ0n) is 22.2. The zero-order chi connectivity index (χ0) is 27.0. The van der Waals surface area contributed by atoms with E-state index in [1.807, 2.05) is 6.08 Å². The molecule has 0 amide bonds. The first kappa shape index (κ1) is 26.4. The standard InChI is InChI=1S/C30H34N2O4SSi/c1-4-5-6-13-31-19-9-11-21-25(16-19)38(2,3)26-17-20(32-14-7-8-15-32)10-12-22(26)27(21)23-18-24(29(33)34)37-28(23)30(35)36/h9-12,16-18H,4-8,13-15H2,1-3H3,(H,33,34)(H,35,36). The second-order valence-corrected chi connectivity index (χ2v) is 16.1. The summed E-state index contributed by atoms with van der Waals surface area (Å²) in [6.07, 6.45) is 12.0. The highest BCUT2D eigenvalue weighted by molar-refractivity contribution is 7.16. The van der Waals surface area contributed by atoms with Crippen LogP contribution in [0.3, 0.4) is 0 Å². The largest absolute Gasteiger partial charge is 0.477 e. The summed E-state index contributed by atoms with van der Waals surface area (Å²) in [5.41, 5.74) is 5.46. The van der Waals surface area contributed by atoms with Gasteiger partial charge in [0, 0.05) is 30.9 Å². The van der Waals surface area contributed by atoms with Crippen molar-refractivity contribution in [2.45, 2.75) is 52.1 Å². The maximum absolute atomic E-state index is 12.3. The molecule has 1 fully saturated rings. The van der Waals surface area contributed by atoms with Crippen molar-refractivity contribution in [2.75, 3.05) is 24.5 Å². The zero-order valence-corrected chi connectivity index (χ0v) is 24.0. The van der Waals surface area contributed by atoms with Crippen molar-refractivity contribution in [1.82, 2.24) is 0 Å². The van der Waals surface area contributed by atoms with Gasteiger partial charge in [-0.15, -0.1) is 11.3 Å². The average molecular weight is 547 g/mol. The lowest BCUT2D eigenvalue weighted by Gasteiger charge is -2.38. The van der Waals surface area contributed by atoms with Crippen LogP contribution in [0.5, 0.6) is 0 Å². The SMILES string of the molecule is CCCCCN=C1C=CC2=C(c3cc(C(=O)O)sc3C(=O)O)c3ccc(N4CCCC4)cc3[Si](C)(C)C2=C1. The molecule has 0 bridgehead atoms. The Morgan fingerprint density at radius 2 is 1.79 bits per heavy atom. The average Bonchev–Trinajstić information content (AvgIpc) is 3.58. The van der Waals surface area contributed by atoms with E-state index in [4.69, 9.17) is 4.99 Å². The summed E-state index contributed by atoms with van der Waals surface area (Å²) in [7, 11) is -2.20. The summed E-state index contributed by atoms with van der Waals surface area (Å²) < 4.78 is 0. The monoisotopic (exact) mass is 546 g/mol. The lowest BCUT2D eigenvalue weighted by atomic mass is 9.89. The summed E-state index contributed by atoms with van der Waals surface area (Å²) in [5.74, 6) is -2.22. The maximum atomic E-state index is 12.3. The van der Waals surface area contributed by atoms with Crippen molar-refractivity contribution in [3.8, 4) is 0 Å². The molecule has 0 spiro atoms. The first-order valence-corrected chi connectivity index (χ1v) is 17.2. The van der Waals surface area contributed by atoms with Crippen molar-refractivity contribution in [1.29, 1.82) is 0 Å². The number of rotatable bonds is 8. The number of hydrogen-bond donors (Lipinski definition) is 2. The van der Waals surface area contributed by atoms with E-state index in [2.05, 4.69) is 55.3 Å². The Kier molecular flexibility index (Phi) is 7.29. The number of allylic oxidation sites excluding steroid dienone is 5. The molecule has 1 aromatic carbocycles. The van der Waals surface area contributed by atoms with Crippen LogP contribution in [0.1, 0.15) is 69.5 Å². The molecule has 2 aromatic rings. The van der Waals surface area contributed by atoms with Gasteiger partial charge in [0.15, 0.2) is 0 Å². The van der Waals surface area contributed by atoms with E-state index in [9.17, 15) is 19.8 Å². The Labute approximate surface area is 228 Å². The molecule has 0 radical (unpaired) electrons. The van der Waals surface area contributed by atoms with E-state index in [1.165, 1.54) is 35.0 Å². The van der Waals surface area contributed by atoms with Gasteiger partial charge >= 0.3 is 11.9 Å². The van der Waals surface area contributed by atoms with Crippen LogP contribution in [-0.4, -0.2) is 55.6 Å². The minimum Gasteiger partial charge on any atom is -0.477 e. The molecule has 38 heavy (non-hydrogen) atoms. The van der Waals surface area contributed by atoms with Gasteiger partial charge in [0.05, 0.1) is 5.71 Å². The fourth-order valence-corrected chi connectivity index (χ4v) is 9.71. The number of anilines is 1. The van der Waals surface area contributed by atoms with Crippen molar-refractivity contribution in [3.63, 3.8) is 0 Å². The number of unbranched alkanes of at least 4 members (excludes halogenated alkanes) is 2. The Balaban J connectivity index is 1.73. The van der Waals surface area contributed by atoms with Gasteiger partial charge in [-0.05, 0) is 76.7 Å². The molecule has 0 unspecified atom stereocenters. The molecular formula is C30H34N2O4SSi. The maximum Gasteiger partial charge on any atom is 0.346 e. The molecule has 3 heterocycles. The highest BCUT2D eigenvalue weighted by atomic mass is 32.1. The fraction of sp³-hybridized carbons (Fsp3) is 0.367. The Bertz CT molecular complexity index is 1420. The molecule has 3 aliphatic rings. The van der Waals surface area contributed by atoms with Crippen LogP contribution in [0.15, 0.2) is 58.3 Å². The normalized spacial score (nSPS) is 19.0. The van der Waals surface area contributed by atoms with Gasteiger partial charge in [0.25, 0.3) is 0 Å². The number of nitrogens with zero attached hydrogens (tertiary/aromatic N) is 2. The van der Waals surface area contributed by atoms with Crippen LogP contribution in [0.2, 0.25) is 13.1 Å². The van der Waals surface area contributed by atoms with E-state index in [0.29, 0.717) is 5.56 Å². The molecule has 6 nitrogen and oxygen atoms in total. The fourth-order valence-electron chi connectivity index (χ4n) is 5.80. The third-order valence-electron chi connectivity index (χ3n) is 7.83. The van der Waals surface area contributed by atoms with E-state index < -0.39 is 20.0 Å². The van der Waals surface area contributed by atoms with Gasteiger partial charge < -0.3 is 15.1 Å². The van der Waals surface area contributed by atoms with E-state index >= 15 is 0 Å². The number of carbonyl (C=O) groups is 2. The second kappa shape index (κ2) is 10.5. The van der Waals surface area contributed by atoms with E-state index in [-0.39, 0.29) is 9.75 Å². The highest BCUT2D eigenvalue weighted by Gasteiger charge is 2.41. The van der Waals surface area contributed by atoms with Crippen molar-refractivity contribution in [2.24, 2.45) is 4.99 Å². The number of aliphatic imine (C=N–C) groups is 1. The number of hydrogen-bond acceptors (Lipinski definition) is 5. The minimum atomic E-state index is -2.20. The molecular weight excluding hydrogens is 512 g/mol. The van der Waals surface area contributed by atoms with Crippen LogP contribution < -0.4 is 10.1 Å². The molecule has 5 rings (SSSR count). The first-order chi connectivity index (χ1) is 18.2. The lowest BCUT2D eigenvalue weighted by Crippen LogP contribution is -2.49. The number of carboxylic acid groups (broad SMARTS) is 2.